The first kappa shape index (κ1) is 17.5. The minimum Gasteiger partial charge on any atom is -0.453 e. The molecule has 0 bridgehead atoms. The first-order valence-electron chi connectivity index (χ1n) is 8.17. The fraction of sp³-hybridized carbons (Fsp3) is 0.150. The molecule has 0 unspecified atom stereocenters. The molecule has 5 nitrogen and oxygen atoms in total. The van der Waals surface area contributed by atoms with Crippen molar-refractivity contribution >= 4 is 11.6 Å². The standard InChI is InChI=1S/C20H18FN3O2/c1-14(2)24(16-6-4-3-5-7-16)20(25)18-10-15(21)8-9-19(18)26-17-11-22-13-23-12-17/h3-14H,1-2H3. The summed E-state index contributed by atoms with van der Waals surface area (Å²) in [7, 11) is 0. The number of hydrogen-bond acceptors (Lipinski definition) is 4. The third kappa shape index (κ3) is 3.85. The molecule has 1 aromatic heterocycles. The number of hydrogen-bond donors (Lipinski definition) is 0. The summed E-state index contributed by atoms with van der Waals surface area (Å²) in [6.45, 7) is 3.80. The Morgan fingerprint density at radius 1 is 1.08 bits per heavy atom. The number of para-hydroxylation sites is 1. The third-order valence-corrected chi connectivity index (χ3v) is 3.71. The number of amides is 1. The normalized spacial score (nSPS) is 10.6. The van der Waals surface area contributed by atoms with Crippen LogP contribution in [0.3, 0.4) is 0 Å². The second-order valence-corrected chi connectivity index (χ2v) is 5.92. The molecule has 0 saturated heterocycles. The number of anilines is 1. The Morgan fingerprint density at radius 3 is 2.42 bits per heavy atom. The number of carbonyl (C=O) groups excluding carboxylic acids is 1. The molecule has 6 heteroatoms. The van der Waals surface area contributed by atoms with Gasteiger partial charge in [0.1, 0.15) is 17.9 Å². The van der Waals surface area contributed by atoms with Crippen LogP contribution < -0.4 is 9.64 Å². The third-order valence-electron chi connectivity index (χ3n) is 3.71. The van der Waals surface area contributed by atoms with Crippen molar-refractivity contribution < 1.29 is 13.9 Å². The quantitative estimate of drug-likeness (QED) is 0.681. The first-order chi connectivity index (χ1) is 12.6. The number of ether oxygens (including phenoxy) is 1. The van der Waals surface area contributed by atoms with Crippen LogP contribution in [0.15, 0.2) is 67.3 Å². The van der Waals surface area contributed by atoms with Crippen molar-refractivity contribution in [2.24, 2.45) is 0 Å². The summed E-state index contributed by atoms with van der Waals surface area (Å²) in [5, 5.41) is 0. The van der Waals surface area contributed by atoms with Crippen molar-refractivity contribution in [1.29, 1.82) is 0 Å². The Morgan fingerprint density at radius 2 is 1.77 bits per heavy atom. The molecule has 0 aliphatic rings. The number of benzene rings is 2. The molecule has 2 aromatic carbocycles. The van der Waals surface area contributed by atoms with Gasteiger partial charge in [-0.05, 0) is 44.2 Å². The number of rotatable bonds is 5. The summed E-state index contributed by atoms with van der Waals surface area (Å²) >= 11 is 0. The smallest absolute Gasteiger partial charge is 0.262 e. The van der Waals surface area contributed by atoms with Crippen LogP contribution in [0.2, 0.25) is 0 Å². The zero-order valence-corrected chi connectivity index (χ0v) is 14.5. The van der Waals surface area contributed by atoms with Crippen LogP contribution in [0.5, 0.6) is 11.5 Å². The summed E-state index contributed by atoms with van der Waals surface area (Å²) in [6.07, 6.45) is 4.32. The highest BCUT2D eigenvalue weighted by Crippen LogP contribution is 2.29. The molecule has 0 atom stereocenters. The van der Waals surface area contributed by atoms with Gasteiger partial charge in [0.05, 0.1) is 18.0 Å². The Hall–Kier alpha value is -3.28. The largest absolute Gasteiger partial charge is 0.453 e. The predicted molar refractivity (Wildman–Crippen MR) is 96.9 cm³/mol. The zero-order chi connectivity index (χ0) is 18.5. The molecule has 1 amide bonds. The van der Waals surface area contributed by atoms with Crippen LogP contribution in [-0.4, -0.2) is 21.9 Å². The van der Waals surface area contributed by atoms with Crippen molar-refractivity contribution in [3.05, 3.63) is 78.6 Å². The molecular weight excluding hydrogens is 333 g/mol. The fourth-order valence-corrected chi connectivity index (χ4v) is 2.59. The molecular formula is C20H18FN3O2. The van der Waals surface area contributed by atoms with Crippen LogP contribution in [0.1, 0.15) is 24.2 Å². The first-order valence-corrected chi connectivity index (χ1v) is 8.17. The molecule has 3 aromatic rings. The van der Waals surface area contributed by atoms with Crippen molar-refractivity contribution in [2.45, 2.75) is 19.9 Å². The molecule has 0 aliphatic heterocycles. The summed E-state index contributed by atoms with van der Waals surface area (Å²) in [4.78, 5) is 22.6. The van der Waals surface area contributed by atoms with Gasteiger partial charge in [-0.3, -0.25) is 4.79 Å². The molecule has 0 radical (unpaired) electrons. The van der Waals surface area contributed by atoms with Gasteiger partial charge < -0.3 is 9.64 Å². The van der Waals surface area contributed by atoms with E-state index >= 15 is 0 Å². The highest BCUT2D eigenvalue weighted by atomic mass is 19.1. The Kier molecular flexibility index (Phi) is 5.22. The maximum atomic E-state index is 13.9. The number of aromatic nitrogens is 2. The van der Waals surface area contributed by atoms with Gasteiger partial charge in [-0.15, -0.1) is 0 Å². The maximum Gasteiger partial charge on any atom is 0.262 e. The van der Waals surface area contributed by atoms with Gasteiger partial charge in [-0.1, -0.05) is 18.2 Å². The summed E-state index contributed by atoms with van der Waals surface area (Å²) in [6, 6.07) is 13.0. The average Bonchev–Trinajstić information content (AvgIpc) is 2.65. The Labute approximate surface area is 151 Å². The number of nitrogens with zero attached hydrogens (tertiary/aromatic N) is 3. The van der Waals surface area contributed by atoms with Crippen molar-refractivity contribution in [3.8, 4) is 11.5 Å². The van der Waals surface area contributed by atoms with Gasteiger partial charge in [0, 0.05) is 11.7 Å². The van der Waals surface area contributed by atoms with Crippen molar-refractivity contribution in [1.82, 2.24) is 9.97 Å². The number of carbonyl (C=O) groups is 1. The van der Waals surface area contributed by atoms with Gasteiger partial charge in [0.15, 0.2) is 5.75 Å². The molecule has 0 fully saturated rings. The van der Waals surface area contributed by atoms with E-state index in [0.29, 0.717) is 5.75 Å². The molecule has 26 heavy (non-hydrogen) atoms. The van der Waals surface area contributed by atoms with E-state index in [2.05, 4.69) is 9.97 Å². The lowest BCUT2D eigenvalue weighted by molar-refractivity contribution is 0.0977. The van der Waals surface area contributed by atoms with E-state index in [1.54, 1.807) is 4.90 Å². The van der Waals surface area contributed by atoms with Gasteiger partial charge in [0.2, 0.25) is 0 Å². The monoisotopic (exact) mass is 351 g/mol. The van der Waals surface area contributed by atoms with E-state index in [0.717, 1.165) is 5.69 Å². The van der Waals surface area contributed by atoms with Gasteiger partial charge >= 0.3 is 0 Å². The summed E-state index contributed by atoms with van der Waals surface area (Å²) < 4.78 is 19.6. The van der Waals surface area contributed by atoms with Crippen molar-refractivity contribution in [3.63, 3.8) is 0 Å². The van der Waals surface area contributed by atoms with Crippen LogP contribution in [0.4, 0.5) is 10.1 Å². The second kappa shape index (κ2) is 7.74. The van der Waals surface area contributed by atoms with Crippen molar-refractivity contribution in [2.75, 3.05) is 4.90 Å². The average molecular weight is 351 g/mol. The van der Waals surface area contributed by atoms with Crippen LogP contribution >= 0.6 is 0 Å². The van der Waals surface area contributed by atoms with Gasteiger partial charge in [-0.2, -0.15) is 0 Å². The van der Waals surface area contributed by atoms with Crippen LogP contribution in [0.25, 0.3) is 0 Å². The van der Waals surface area contributed by atoms with Gasteiger partial charge in [0.25, 0.3) is 5.91 Å². The predicted octanol–water partition coefficient (Wildman–Crippen LogP) is 4.46. The molecule has 0 aliphatic carbocycles. The van der Waals surface area contributed by atoms with E-state index in [9.17, 15) is 9.18 Å². The Bertz CT molecular complexity index is 886. The lowest BCUT2D eigenvalue weighted by Gasteiger charge is -2.27. The van der Waals surface area contributed by atoms with E-state index < -0.39 is 5.82 Å². The minimum absolute atomic E-state index is 0.124. The van der Waals surface area contributed by atoms with E-state index in [4.69, 9.17) is 4.74 Å². The lowest BCUT2D eigenvalue weighted by atomic mass is 10.1. The van der Waals surface area contributed by atoms with E-state index in [1.165, 1.54) is 36.9 Å². The molecule has 132 valence electrons. The molecule has 0 N–H and O–H groups in total. The van der Waals surface area contributed by atoms with Gasteiger partial charge in [-0.25, -0.2) is 14.4 Å². The highest BCUT2D eigenvalue weighted by Gasteiger charge is 2.24. The lowest BCUT2D eigenvalue weighted by Crippen LogP contribution is -2.37. The maximum absolute atomic E-state index is 13.9. The number of halogens is 1. The van der Waals surface area contributed by atoms with E-state index in [-0.39, 0.29) is 23.3 Å². The zero-order valence-electron chi connectivity index (χ0n) is 14.5. The minimum atomic E-state index is -0.512. The molecule has 0 spiro atoms. The Balaban J connectivity index is 2.01. The highest BCUT2D eigenvalue weighted by molar-refractivity contribution is 6.08. The molecule has 1 heterocycles. The summed E-state index contributed by atoms with van der Waals surface area (Å²) in [5.74, 6) is -0.254. The molecule has 0 saturated carbocycles. The van der Waals surface area contributed by atoms with E-state index in [1.807, 2.05) is 44.2 Å². The molecule has 3 rings (SSSR count). The second-order valence-electron chi connectivity index (χ2n) is 5.92. The topological polar surface area (TPSA) is 55.3 Å². The fourth-order valence-electron chi connectivity index (χ4n) is 2.59. The summed E-state index contributed by atoms with van der Waals surface area (Å²) in [5.41, 5.74) is 0.858. The van der Waals surface area contributed by atoms with Crippen LogP contribution in [0, 0.1) is 5.82 Å². The van der Waals surface area contributed by atoms with Crippen LogP contribution in [-0.2, 0) is 0 Å². The SMILES string of the molecule is CC(C)N(C(=O)c1cc(F)ccc1Oc1cncnc1)c1ccccc1.